The first-order valence-electron chi connectivity index (χ1n) is 8.53. The van der Waals surface area contributed by atoms with Gasteiger partial charge in [-0.1, -0.05) is 0 Å². The molecule has 1 fully saturated rings. The Morgan fingerprint density at radius 3 is 2.92 bits per heavy atom. The molecular formula is C18H22N2O5. The molecule has 2 bridgehead atoms. The number of hydrogen-bond acceptors (Lipinski definition) is 5. The largest absolute Gasteiger partial charge is 0.497 e. The molecule has 0 radical (unpaired) electrons. The summed E-state index contributed by atoms with van der Waals surface area (Å²) >= 11 is 0. The Morgan fingerprint density at radius 2 is 2.24 bits per heavy atom. The summed E-state index contributed by atoms with van der Waals surface area (Å²) in [7, 11) is 1.62. The van der Waals surface area contributed by atoms with Gasteiger partial charge >= 0.3 is 5.97 Å². The van der Waals surface area contributed by atoms with Crippen LogP contribution in [0.5, 0.6) is 5.75 Å². The summed E-state index contributed by atoms with van der Waals surface area (Å²) in [5.41, 5.74) is 2.75. The minimum Gasteiger partial charge on any atom is -0.497 e. The molecule has 1 aromatic heterocycles. The van der Waals surface area contributed by atoms with Crippen molar-refractivity contribution in [3.05, 3.63) is 29.5 Å². The van der Waals surface area contributed by atoms with Crippen LogP contribution in [0.2, 0.25) is 0 Å². The minimum atomic E-state index is -1.35. The van der Waals surface area contributed by atoms with E-state index in [1.165, 1.54) is 0 Å². The maximum atomic E-state index is 12.0. The summed E-state index contributed by atoms with van der Waals surface area (Å²) in [6.07, 6.45) is 0.299. The van der Waals surface area contributed by atoms with Crippen molar-refractivity contribution >= 4 is 16.9 Å². The van der Waals surface area contributed by atoms with E-state index in [1.54, 1.807) is 7.11 Å². The predicted molar refractivity (Wildman–Crippen MR) is 90.5 cm³/mol. The standard InChI is InChI=1S/C18H22N2O5/c1-25-11-3-4-13-12(7-11)15-9-6-10(2-5-14(21)22)20(8-9)17(18(23)24)16(15)19-13/h3-4,7,9-10,14,17,19,21-22H,2,5-6,8H2,1H3,(H,23,24). The number of ether oxygens (including phenoxy) is 1. The molecule has 0 saturated carbocycles. The highest BCUT2D eigenvalue weighted by Crippen LogP contribution is 2.49. The SMILES string of the molecule is COc1ccc2[nH]c3c(c2c1)C1CC(CCC(O)O)N(C1)C3C(=O)O. The number of carbonyl (C=O) groups is 1. The number of aliphatic hydroxyl groups excluding tert-OH is 1. The van der Waals surface area contributed by atoms with Gasteiger partial charge in [0.1, 0.15) is 11.8 Å². The number of fused-ring (bicyclic) bond motifs is 6. The van der Waals surface area contributed by atoms with Crippen LogP contribution in [0, 0.1) is 0 Å². The van der Waals surface area contributed by atoms with Gasteiger partial charge in [-0.15, -0.1) is 0 Å². The number of aliphatic hydroxyl groups is 2. The van der Waals surface area contributed by atoms with Gasteiger partial charge in [-0.05, 0) is 43.0 Å². The molecule has 4 N–H and O–H groups in total. The number of nitrogens with zero attached hydrogens (tertiary/aromatic N) is 1. The van der Waals surface area contributed by atoms with E-state index in [9.17, 15) is 9.90 Å². The molecule has 4 rings (SSSR count). The number of aliphatic carboxylic acids is 1. The minimum absolute atomic E-state index is 0.0364. The van der Waals surface area contributed by atoms with Crippen molar-refractivity contribution in [3.8, 4) is 5.75 Å². The third-order valence-corrected chi connectivity index (χ3v) is 5.54. The van der Waals surface area contributed by atoms with E-state index < -0.39 is 18.3 Å². The lowest BCUT2D eigenvalue weighted by atomic mass is 9.90. The van der Waals surface area contributed by atoms with Crippen molar-refractivity contribution in [2.24, 2.45) is 0 Å². The molecule has 4 atom stereocenters. The molecule has 134 valence electrons. The zero-order valence-corrected chi connectivity index (χ0v) is 14.0. The summed E-state index contributed by atoms with van der Waals surface area (Å²) in [4.78, 5) is 17.3. The van der Waals surface area contributed by atoms with Crippen molar-refractivity contribution in [1.29, 1.82) is 0 Å². The number of aromatic amines is 1. The van der Waals surface area contributed by atoms with Gasteiger partial charge in [0, 0.05) is 35.1 Å². The van der Waals surface area contributed by atoms with Gasteiger partial charge in [0.15, 0.2) is 6.29 Å². The first-order valence-corrected chi connectivity index (χ1v) is 8.53. The molecule has 2 aliphatic heterocycles. The molecule has 1 saturated heterocycles. The average Bonchev–Trinajstić information content (AvgIpc) is 3.11. The highest BCUT2D eigenvalue weighted by atomic mass is 16.5. The van der Waals surface area contributed by atoms with Gasteiger partial charge in [-0.25, -0.2) is 0 Å². The molecule has 7 nitrogen and oxygen atoms in total. The van der Waals surface area contributed by atoms with Gasteiger partial charge in [-0.3, -0.25) is 9.69 Å². The summed E-state index contributed by atoms with van der Waals surface area (Å²) in [6.45, 7) is 0.681. The Balaban J connectivity index is 1.78. The number of nitrogens with one attached hydrogen (secondary N) is 1. The number of carboxylic acid groups (broad SMARTS) is 1. The zero-order valence-electron chi connectivity index (χ0n) is 14.0. The maximum Gasteiger partial charge on any atom is 0.327 e. The lowest BCUT2D eigenvalue weighted by Crippen LogP contribution is -2.40. The molecule has 3 heterocycles. The van der Waals surface area contributed by atoms with E-state index in [-0.39, 0.29) is 18.4 Å². The molecule has 0 aliphatic carbocycles. The number of hydrogen-bond donors (Lipinski definition) is 4. The fourth-order valence-corrected chi connectivity index (χ4v) is 4.52. The van der Waals surface area contributed by atoms with E-state index in [0.29, 0.717) is 13.0 Å². The lowest BCUT2D eigenvalue weighted by Gasteiger charge is -2.33. The van der Waals surface area contributed by atoms with Gasteiger partial charge in [0.05, 0.1) is 7.11 Å². The van der Waals surface area contributed by atoms with Crippen molar-refractivity contribution in [1.82, 2.24) is 9.88 Å². The third kappa shape index (κ3) is 2.59. The number of aromatic nitrogens is 1. The topological polar surface area (TPSA) is 106 Å². The summed E-state index contributed by atoms with van der Waals surface area (Å²) in [5, 5.41) is 29.2. The Hall–Kier alpha value is -2.09. The second kappa shape index (κ2) is 6.01. The van der Waals surface area contributed by atoms with Crippen molar-refractivity contribution in [3.63, 3.8) is 0 Å². The van der Waals surface area contributed by atoms with Crippen LogP contribution in [0.4, 0.5) is 0 Å². The first kappa shape index (κ1) is 16.4. The van der Waals surface area contributed by atoms with Gasteiger partial charge in [0.2, 0.25) is 0 Å². The number of H-pyrrole nitrogens is 1. The van der Waals surface area contributed by atoms with E-state index in [0.717, 1.165) is 34.3 Å². The van der Waals surface area contributed by atoms with Crippen LogP contribution in [0.3, 0.4) is 0 Å². The van der Waals surface area contributed by atoms with Crippen LogP contribution in [0.15, 0.2) is 18.2 Å². The Bertz CT molecular complexity index is 815. The Morgan fingerprint density at radius 1 is 1.44 bits per heavy atom. The molecule has 0 spiro atoms. The number of rotatable bonds is 5. The lowest BCUT2D eigenvalue weighted by molar-refractivity contribution is -0.144. The molecular weight excluding hydrogens is 324 g/mol. The van der Waals surface area contributed by atoms with Crippen LogP contribution in [0.25, 0.3) is 10.9 Å². The highest BCUT2D eigenvalue weighted by molar-refractivity contribution is 5.90. The summed E-state index contributed by atoms with van der Waals surface area (Å²) in [6, 6.07) is 5.06. The smallest absolute Gasteiger partial charge is 0.327 e. The zero-order chi connectivity index (χ0) is 17.7. The van der Waals surface area contributed by atoms with Gasteiger partial charge < -0.3 is 25.0 Å². The van der Waals surface area contributed by atoms with Crippen LogP contribution < -0.4 is 4.74 Å². The van der Waals surface area contributed by atoms with E-state index in [1.807, 2.05) is 23.1 Å². The predicted octanol–water partition coefficient (Wildman–Crippen LogP) is 1.56. The fraction of sp³-hybridized carbons (Fsp3) is 0.500. The van der Waals surface area contributed by atoms with Crippen LogP contribution in [0.1, 0.15) is 42.5 Å². The van der Waals surface area contributed by atoms with E-state index >= 15 is 0 Å². The van der Waals surface area contributed by atoms with E-state index in [2.05, 4.69) is 4.98 Å². The molecule has 1 aromatic carbocycles. The van der Waals surface area contributed by atoms with E-state index in [4.69, 9.17) is 14.9 Å². The molecule has 2 aromatic rings. The quantitative estimate of drug-likeness (QED) is 0.612. The van der Waals surface area contributed by atoms with Crippen LogP contribution in [-0.2, 0) is 4.79 Å². The second-order valence-electron chi connectivity index (χ2n) is 6.95. The molecule has 0 amide bonds. The van der Waals surface area contributed by atoms with Gasteiger partial charge in [-0.2, -0.15) is 0 Å². The normalized spacial score (nSPS) is 27.7. The monoisotopic (exact) mass is 346 g/mol. The number of benzene rings is 1. The maximum absolute atomic E-state index is 12.0. The molecule has 25 heavy (non-hydrogen) atoms. The molecule has 2 aliphatic rings. The van der Waals surface area contributed by atoms with Gasteiger partial charge in [0.25, 0.3) is 0 Å². The van der Waals surface area contributed by atoms with Crippen molar-refractivity contribution in [2.75, 3.05) is 13.7 Å². The highest BCUT2D eigenvalue weighted by Gasteiger charge is 2.48. The average molecular weight is 346 g/mol. The fourth-order valence-electron chi connectivity index (χ4n) is 4.52. The molecule has 7 heteroatoms. The Kier molecular flexibility index (Phi) is 3.94. The van der Waals surface area contributed by atoms with Crippen LogP contribution in [-0.4, -0.2) is 57.2 Å². The van der Waals surface area contributed by atoms with Crippen molar-refractivity contribution in [2.45, 2.75) is 43.6 Å². The van der Waals surface area contributed by atoms with Crippen LogP contribution >= 0.6 is 0 Å². The first-order chi connectivity index (χ1) is 12.0. The summed E-state index contributed by atoms with van der Waals surface area (Å²) in [5.74, 6) is 0.114. The number of methoxy groups -OCH3 is 1. The summed E-state index contributed by atoms with van der Waals surface area (Å²) < 4.78 is 5.33. The molecule has 4 unspecified atom stereocenters. The number of carboxylic acids is 1. The second-order valence-corrected chi connectivity index (χ2v) is 6.95. The Labute approximate surface area is 144 Å². The van der Waals surface area contributed by atoms with Crippen molar-refractivity contribution < 1.29 is 24.9 Å². The third-order valence-electron chi connectivity index (χ3n) is 5.54.